The van der Waals surface area contributed by atoms with Crippen molar-refractivity contribution in [3.8, 4) is 0 Å². The summed E-state index contributed by atoms with van der Waals surface area (Å²) in [7, 11) is -4.11. The zero-order chi connectivity index (χ0) is 24.4. The van der Waals surface area contributed by atoms with Crippen molar-refractivity contribution in [3.63, 3.8) is 0 Å². The maximum absolute atomic E-state index is 13.9. The highest BCUT2D eigenvalue weighted by molar-refractivity contribution is 7.92. The number of anilines is 1. The van der Waals surface area contributed by atoms with Crippen LogP contribution >= 0.6 is 0 Å². The van der Waals surface area contributed by atoms with Gasteiger partial charge in [0.1, 0.15) is 5.54 Å². The summed E-state index contributed by atoms with van der Waals surface area (Å²) in [5.41, 5.74) is 0.223. The molecule has 176 valence electrons. The topological polar surface area (TPSA) is 49.7 Å². The lowest BCUT2D eigenvalue weighted by atomic mass is 9.64. The molecule has 34 heavy (non-hydrogen) atoms. The van der Waals surface area contributed by atoms with Crippen LogP contribution < -0.4 is 4.31 Å². The van der Waals surface area contributed by atoms with Crippen molar-refractivity contribution in [2.75, 3.05) is 10.8 Å². The normalized spacial score (nSPS) is 24.0. The van der Waals surface area contributed by atoms with Crippen LogP contribution in [0.25, 0.3) is 0 Å². The second-order valence-electron chi connectivity index (χ2n) is 9.23. The molecule has 0 unspecified atom stereocenters. The number of halogens is 3. The van der Waals surface area contributed by atoms with E-state index in [0.29, 0.717) is 17.0 Å². The van der Waals surface area contributed by atoms with E-state index in [1.54, 1.807) is 36.4 Å². The van der Waals surface area contributed by atoms with Gasteiger partial charge in [-0.05, 0) is 30.7 Å². The molecule has 0 aromatic heterocycles. The average Bonchev–Trinajstić information content (AvgIpc) is 3.54. The number of para-hydroxylation sites is 1. The van der Waals surface area contributed by atoms with Gasteiger partial charge in [0.05, 0.1) is 22.7 Å². The molecule has 0 saturated heterocycles. The van der Waals surface area contributed by atoms with Crippen molar-refractivity contribution in [1.29, 1.82) is 0 Å². The van der Waals surface area contributed by atoms with Crippen LogP contribution in [0.15, 0.2) is 88.8 Å². The summed E-state index contributed by atoms with van der Waals surface area (Å²) < 4.78 is 70.3. The van der Waals surface area contributed by atoms with Gasteiger partial charge in [0.2, 0.25) is 0 Å². The van der Waals surface area contributed by atoms with Crippen LogP contribution in [0.2, 0.25) is 0 Å². The number of rotatable bonds is 4. The standard InChI is InChI=1S/C26H23F3N2O2S/c1-18-12-14-20(15-13-18)34(32,33)31-17-24(2,16-25(27,28)29)26(21-10-6-7-11-22(21)31)23(30-26)19-8-4-3-5-9-19/h3-15H,16-17H2,1-2H3/t24-,26+/m1/s1. The van der Waals surface area contributed by atoms with Gasteiger partial charge >= 0.3 is 6.18 Å². The molecule has 4 nitrogen and oxygen atoms in total. The average molecular weight is 485 g/mol. The molecule has 1 spiro atoms. The molecule has 2 atom stereocenters. The molecule has 0 N–H and O–H groups in total. The van der Waals surface area contributed by atoms with Crippen molar-refractivity contribution < 1.29 is 21.6 Å². The molecule has 2 aliphatic rings. The Morgan fingerprint density at radius 2 is 1.56 bits per heavy atom. The minimum atomic E-state index is -4.51. The minimum absolute atomic E-state index is 0.0400. The Bertz CT molecular complexity index is 1390. The first kappa shape index (κ1) is 22.7. The van der Waals surface area contributed by atoms with Crippen molar-refractivity contribution in [2.45, 2.75) is 36.9 Å². The molecule has 5 rings (SSSR count). The Kier molecular flexibility index (Phi) is 4.95. The summed E-state index contributed by atoms with van der Waals surface area (Å²) in [6, 6.07) is 22.2. The largest absolute Gasteiger partial charge is 0.389 e. The van der Waals surface area contributed by atoms with Gasteiger partial charge in [-0.2, -0.15) is 13.2 Å². The zero-order valence-electron chi connectivity index (χ0n) is 18.7. The van der Waals surface area contributed by atoms with E-state index in [4.69, 9.17) is 4.99 Å². The predicted molar refractivity (Wildman–Crippen MR) is 126 cm³/mol. The van der Waals surface area contributed by atoms with Gasteiger partial charge in [-0.25, -0.2) is 8.42 Å². The number of nitrogens with zero attached hydrogens (tertiary/aromatic N) is 2. The van der Waals surface area contributed by atoms with Crippen molar-refractivity contribution >= 4 is 21.4 Å². The molecule has 8 heteroatoms. The van der Waals surface area contributed by atoms with Crippen LogP contribution in [0, 0.1) is 12.3 Å². The molecule has 3 aromatic carbocycles. The van der Waals surface area contributed by atoms with E-state index in [0.717, 1.165) is 15.4 Å². The fraction of sp³-hybridized carbons (Fsp3) is 0.269. The van der Waals surface area contributed by atoms with Crippen LogP contribution in [0.4, 0.5) is 18.9 Å². The van der Waals surface area contributed by atoms with Gasteiger partial charge in [0.15, 0.2) is 0 Å². The van der Waals surface area contributed by atoms with Crippen LogP contribution in [-0.4, -0.2) is 26.9 Å². The predicted octanol–water partition coefficient (Wildman–Crippen LogP) is 5.86. The van der Waals surface area contributed by atoms with Crippen LogP contribution in [0.5, 0.6) is 0 Å². The Morgan fingerprint density at radius 1 is 0.941 bits per heavy atom. The van der Waals surface area contributed by atoms with Gasteiger partial charge in [-0.15, -0.1) is 0 Å². The molecular formula is C26H23F3N2O2S. The number of sulfonamides is 1. The van der Waals surface area contributed by atoms with E-state index in [2.05, 4.69) is 0 Å². The monoisotopic (exact) mass is 484 g/mol. The Balaban J connectivity index is 1.70. The minimum Gasteiger partial charge on any atom is -0.268 e. The molecule has 0 radical (unpaired) electrons. The summed E-state index contributed by atoms with van der Waals surface area (Å²) in [5.74, 6) is 0. The zero-order valence-corrected chi connectivity index (χ0v) is 19.5. The Hall–Kier alpha value is -3.13. The summed E-state index contributed by atoms with van der Waals surface area (Å²) in [4.78, 5) is 4.73. The summed E-state index contributed by atoms with van der Waals surface area (Å²) in [6.07, 6.45) is -5.68. The third kappa shape index (κ3) is 3.43. The first-order chi connectivity index (χ1) is 16.0. The maximum atomic E-state index is 13.9. The molecule has 0 saturated carbocycles. The first-order valence-corrected chi connectivity index (χ1v) is 12.3. The first-order valence-electron chi connectivity index (χ1n) is 10.9. The molecule has 0 fully saturated rings. The van der Waals surface area contributed by atoms with Crippen molar-refractivity contribution in [3.05, 3.63) is 95.6 Å². The maximum Gasteiger partial charge on any atom is 0.389 e. The van der Waals surface area contributed by atoms with E-state index in [9.17, 15) is 21.6 Å². The summed E-state index contributed by atoms with van der Waals surface area (Å²) >= 11 is 0. The molecule has 0 bridgehead atoms. The highest BCUT2D eigenvalue weighted by Crippen LogP contribution is 2.63. The summed E-state index contributed by atoms with van der Waals surface area (Å²) in [5, 5.41) is 0. The van der Waals surface area contributed by atoms with E-state index < -0.39 is 33.6 Å². The quantitative estimate of drug-likeness (QED) is 0.466. The third-order valence-corrected chi connectivity index (χ3v) is 8.52. The number of hydrogen-bond acceptors (Lipinski definition) is 3. The van der Waals surface area contributed by atoms with Crippen LogP contribution in [-0.2, 0) is 15.6 Å². The highest BCUT2D eigenvalue weighted by Gasteiger charge is 2.68. The second kappa shape index (κ2) is 7.43. The lowest BCUT2D eigenvalue weighted by Crippen LogP contribution is -2.54. The number of hydrogen-bond donors (Lipinski definition) is 0. The van der Waals surface area contributed by atoms with Crippen molar-refractivity contribution in [1.82, 2.24) is 0 Å². The molecule has 0 amide bonds. The molecule has 2 heterocycles. The number of alkyl halides is 3. The molecule has 3 aromatic rings. The number of aliphatic imine (C=N–C) groups is 1. The van der Waals surface area contributed by atoms with Gasteiger partial charge in [0.25, 0.3) is 10.0 Å². The smallest absolute Gasteiger partial charge is 0.268 e. The second-order valence-corrected chi connectivity index (χ2v) is 11.1. The number of fused-ring (bicyclic) bond motifs is 2. The van der Waals surface area contributed by atoms with Gasteiger partial charge in [0, 0.05) is 17.5 Å². The lowest BCUT2D eigenvalue weighted by molar-refractivity contribution is -0.159. The van der Waals surface area contributed by atoms with Crippen LogP contribution in [0.3, 0.4) is 0 Å². The van der Waals surface area contributed by atoms with E-state index >= 15 is 0 Å². The van der Waals surface area contributed by atoms with Gasteiger partial charge < -0.3 is 0 Å². The number of benzene rings is 3. The molecule has 0 aliphatic carbocycles. The SMILES string of the molecule is Cc1ccc(S(=O)(=O)N2C[C@@](C)(CC(F)(F)F)[C@]3(N=C3c3ccccc3)c3ccccc32)cc1. The fourth-order valence-electron chi connectivity index (χ4n) is 5.13. The highest BCUT2D eigenvalue weighted by atomic mass is 32.2. The van der Waals surface area contributed by atoms with E-state index in [1.807, 2.05) is 37.3 Å². The summed E-state index contributed by atoms with van der Waals surface area (Å²) in [6.45, 7) is 2.99. The Labute approximate surface area is 196 Å². The molecule has 2 aliphatic heterocycles. The van der Waals surface area contributed by atoms with Crippen molar-refractivity contribution in [2.24, 2.45) is 10.4 Å². The number of aryl methyl sites for hydroxylation is 1. The molecular weight excluding hydrogens is 461 g/mol. The Morgan fingerprint density at radius 3 is 2.21 bits per heavy atom. The van der Waals surface area contributed by atoms with Crippen LogP contribution in [0.1, 0.15) is 30.0 Å². The van der Waals surface area contributed by atoms with Gasteiger partial charge in [-0.1, -0.05) is 73.2 Å². The lowest BCUT2D eigenvalue weighted by Gasteiger charge is -2.47. The van der Waals surface area contributed by atoms with E-state index in [-0.39, 0.29) is 11.4 Å². The fourth-order valence-corrected chi connectivity index (χ4v) is 6.74. The third-order valence-electron chi connectivity index (χ3n) is 6.75. The van der Waals surface area contributed by atoms with Gasteiger partial charge in [-0.3, -0.25) is 9.30 Å². The van der Waals surface area contributed by atoms with E-state index in [1.165, 1.54) is 19.1 Å².